The largest absolute Gasteiger partial charge is 0.363 e. The molecule has 0 atom stereocenters. The van der Waals surface area contributed by atoms with Gasteiger partial charge in [-0.15, -0.1) is 0 Å². The molecule has 3 rings (SSSR count). The summed E-state index contributed by atoms with van der Waals surface area (Å²) in [4.78, 5) is 3.25. The second-order valence-corrected chi connectivity index (χ2v) is 7.73. The highest BCUT2D eigenvalue weighted by atomic mass is 79.9. The smallest absolute Gasteiger partial charge is 0.263 e. The van der Waals surface area contributed by atoms with Crippen molar-refractivity contribution in [1.29, 1.82) is 0 Å². The summed E-state index contributed by atoms with van der Waals surface area (Å²) in [6.45, 7) is 0.665. The molecule has 3 N–H and O–H groups in total. The number of aromatic nitrogens is 1. The van der Waals surface area contributed by atoms with Gasteiger partial charge in [0.2, 0.25) is 0 Å². The molecule has 21 heavy (non-hydrogen) atoms. The van der Waals surface area contributed by atoms with E-state index in [1.165, 1.54) is 19.0 Å². The zero-order valence-electron chi connectivity index (χ0n) is 11.3. The molecular formula is C14H16BrN3O2S. The molecule has 112 valence electrons. The molecule has 1 aromatic heterocycles. The lowest BCUT2D eigenvalue weighted by Crippen LogP contribution is -2.15. The lowest BCUT2D eigenvalue weighted by atomic mass is 10.3. The van der Waals surface area contributed by atoms with Crippen LogP contribution < -0.4 is 10.0 Å². The van der Waals surface area contributed by atoms with E-state index >= 15 is 0 Å². The molecule has 2 aromatic rings. The van der Waals surface area contributed by atoms with Crippen molar-refractivity contribution in [2.75, 3.05) is 4.72 Å². The molecule has 0 bridgehead atoms. The predicted molar refractivity (Wildman–Crippen MR) is 85.6 cm³/mol. The maximum atomic E-state index is 12.3. The van der Waals surface area contributed by atoms with E-state index in [0.29, 0.717) is 18.3 Å². The van der Waals surface area contributed by atoms with Crippen LogP contribution in [0.3, 0.4) is 0 Å². The van der Waals surface area contributed by atoms with Crippen LogP contribution in [0.5, 0.6) is 0 Å². The highest BCUT2D eigenvalue weighted by molar-refractivity contribution is 9.10. The molecule has 0 radical (unpaired) electrons. The van der Waals surface area contributed by atoms with Crippen LogP contribution in [0, 0.1) is 0 Å². The number of nitrogens with one attached hydrogen (secondary N) is 3. The third-order valence-electron chi connectivity index (χ3n) is 3.28. The predicted octanol–water partition coefficient (Wildman–Crippen LogP) is 2.83. The van der Waals surface area contributed by atoms with E-state index in [-0.39, 0.29) is 4.90 Å². The Morgan fingerprint density at radius 2 is 1.95 bits per heavy atom. The molecule has 1 aliphatic rings. The van der Waals surface area contributed by atoms with E-state index in [1.807, 2.05) is 0 Å². The van der Waals surface area contributed by atoms with Crippen molar-refractivity contribution in [2.24, 2.45) is 0 Å². The zero-order chi connectivity index (χ0) is 14.9. The van der Waals surface area contributed by atoms with Crippen molar-refractivity contribution >= 4 is 31.6 Å². The number of halogens is 1. The topological polar surface area (TPSA) is 74.0 Å². The maximum Gasteiger partial charge on any atom is 0.263 e. The molecular weight excluding hydrogens is 354 g/mol. The normalized spacial score (nSPS) is 15.1. The number of hydrogen-bond donors (Lipinski definition) is 3. The van der Waals surface area contributed by atoms with E-state index < -0.39 is 10.0 Å². The summed E-state index contributed by atoms with van der Waals surface area (Å²) in [7, 11) is -3.55. The van der Waals surface area contributed by atoms with Gasteiger partial charge in [-0.1, -0.05) is 15.9 Å². The second-order valence-electron chi connectivity index (χ2n) is 5.13. The second kappa shape index (κ2) is 5.82. The number of hydrogen-bond acceptors (Lipinski definition) is 3. The van der Waals surface area contributed by atoms with E-state index in [9.17, 15) is 8.42 Å². The molecule has 5 nitrogen and oxygen atoms in total. The Labute approximate surface area is 132 Å². The van der Waals surface area contributed by atoms with Crippen LogP contribution in [0.2, 0.25) is 0 Å². The first kappa shape index (κ1) is 14.6. The number of aromatic amines is 1. The standard InChI is InChI=1S/C14H16BrN3O2S/c15-10-1-3-12(4-2-10)18-21(19,20)14-7-13(17-9-14)8-16-11-5-6-11/h1-4,7,9,11,16-18H,5-6,8H2. The Hall–Kier alpha value is -1.31. The number of anilines is 1. The lowest BCUT2D eigenvalue weighted by molar-refractivity contribution is 0.601. The number of H-pyrrole nitrogens is 1. The first-order chi connectivity index (χ1) is 10.0. The highest BCUT2D eigenvalue weighted by Gasteiger charge is 2.21. The summed E-state index contributed by atoms with van der Waals surface area (Å²) < 4.78 is 28.0. The van der Waals surface area contributed by atoms with Crippen molar-refractivity contribution in [3.63, 3.8) is 0 Å². The monoisotopic (exact) mass is 369 g/mol. The molecule has 1 saturated carbocycles. The third kappa shape index (κ3) is 3.87. The first-order valence-corrected chi connectivity index (χ1v) is 9.00. The summed E-state index contributed by atoms with van der Waals surface area (Å²) >= 11 is 3.32. The van der Waals surface area contributed by atoms with Crippen LogP contribution in [-0.2, 0) is 16.6 Å². The average molecular weight is 370 g/mol. The van der Waals surface area contributed by atoms with Crippen molar-refractivity contribution in [1.82, 2.24) is 10.3 Å². The molecule has 0 unspecified atom stereocenters. The summed E-state index contributed by atoms with van der Waals surface area (Å²) in [6.07, 6.45) is 3.93. The molecule has 0 amide bonds. The van der Waals surface area contributed by atoms with E-state index in [0.717, 1.165) is 10.2 Å². The lowest BCUT2D eigenvalue weighted by Gasteiger charge is -2.06. The van der Waals surface area contributed by atoms with E-state index in [4.69, 9.17) is 0 Å². The van der Waals surface area contributed by atoms with Crippen LogP contribution in [0.15, 0.2) is 45.9 Å². The van der Waals surface area contributed by atoms with Crippen molar-refractivity contribution < 1.29 is 8.42 Å². The Balaban J connectivity index is 1.69. The molecule has 0 aliphatic heterocycles. The van der Waals surface area contributed by atoms with Gasteiger partial charge < -0.3 is 10.3 Å². The van der Waals surface area contributed by atoms with E-state index in [1.54, 1.807) is 30.3 Å². The minimum Gasteiger partial charge on any atom is -0.363 e. The zero-order valence-corrected chi connectivity index (χ0v) is 13.7. The first-order valence-electron chi connectivity index (χ1n) is 6.72. The average Bonchev–Trinajstić information content (AvgIpc) is 3.15. The van der Waals surface area contributed by atoms with Crippen molar-refractivity contribution in [2.45, 2.75) is 30.3 Å². The van der Waals surface area contributed by atoms with Crippen LogP contribution >= 0.6 is 15.9 Å². The van der Waals surface area contributed by atoms with Gasteiger partial charge in [-0.05, 0) is 43.2 Å². The Morgan fingerprint density at radius 3 is 2.62 bits per heavy atom. The van der Waals surface area contributed by atoms with Gasteiger partial charge in [-0.2, -0.15) is 0 Å². The fraction of sp³-hybridized carbons (Fsp3) is 0.286. The molecule has 1 aromatic carbocycles. The molecule has 1 fully saturated rings. The maximum absolute atomic E-state index is 12.3. The highest BCUT2D eigenvalue weighted by Crippen LogP contribution is 2.21. The fourth-order valence-electron chi connectivity index (χ4n) is 1.95. The molecule has 0 spiro atoms. The minimum atomic E-state index is -3.55. The minimum absolute atomic E-state index is 0.248. The SMILES string of the molecule is O=S(=O)(Nc1ccc(Br)cc1)c1c[nH]c(CNC2CC2)c1. The molecule has 1 heterocycles. The Kier molecular flexibility index (Phi) is 4.05. The van der Waals surface area contributed by atoms with Gasteiger partial charge in [0.1, 0.15) is 4.90 Å². The van der Waals surface area contributed by atoms with Crippen molar-refractivity contribution in [3.8, 4) is 0 Å². The Morgan fingerprint density at radius 1 is 1.24 bits per heavy atom. The third-order valence-corrected chi connectivity index (χ3v) is 5.17. The van der Waals surface area contributed by atoms with Crippen LogP contribution in [0.25, 0.3) is 0 Å². The Bertz CT molecular complexity index is 721. The summed E-state index contributed by atoms with van der Waals surface area (Å²) in [5.74, 6) is 0. The van der Waals surface area contributed by atoms with Gasteiger partial charge in [-0.25, -0.2) is 8.42 Å². The number of rotatable bonds is 6. The van der Waals surface area contributed by atoms with Gasteiger partial charge >= 0.3 is 0 Å². The summed E-state index contributed by atoms with van der Waals surface area (Å²) in [5, 5.41) is 3.34. The molecule has 1 aliphatic carbocycles. The fourth-order valence-corrected chi connectivity index (χ4v) is 3.29. The van der Waals surface area contributed by atoms with Crippen LogP contribution in [0.1, 0.15) is 18.5 Å². The summed E-state index contributed by atoms with van der Waals surface area (Å²) in [5.41, 5.74) is 1.41. The van der Waals surface area contributed by atoms with E-state index in [2.05, 4.69) is 31.0 Å². The quantitative estimate of drug-likeness (QED) is 0.732. The van der Waals surface area contributed by atoms with Gasteiger partial charge in [0, 0.05) is 34.6 Å². The number of sulfonamides is 1. The van der Waals surface area contributed by atoms with Gasteiger partial charge in [0.25, 0.3) is 10.0 Å². The van der Waals surface area contributed by atoms with Crippen LogP contribution in [0.4, 0.5) is 5.69 Å². The summed E-state index contributed by atoms with van der Waals surface area (Å²) in [6, 6.07) is 9.26. The van der Waals surface area contributed by atoms with Gasteiger partial charge in [-0.3, -0.25) is 4.72 Å². The van der Waals surface area contributed by atoms with Crippen molar-refractivity contribution in [3.05, 3.63) is 46.7 Å². The molecule has 0 saturated heterocycles. The van der Waals surface area contributed by atoms with Gasteiger partial charge in [0.05, 0.1) is 0 Å². The molecule has 7 heteroatoms. The van der Waals surface area contributed by atoms with Crippen LogP contribution in [-0.4, -0.2) is 19.4 Å². The number of benzene rings is 1. The van der Waals surface area contributed by atoms with Gasteiger partial charge in [0.15, 0.2) is 0 Å².